The molecule has 0 aliphatic carbocycles. The SMILES string of the molecule is N[C@H]1CN(S(=O)(=O)OC2CNC2)C[C@@H]1C#CCCB(O)O. The van der Waals surface area contributed by atoms with Gasteiger partial charge in [0, 0.05) is 38.6 Å². The van der Waals surface area contributed by atoms with Gasteiger partial charge in [-0.15, -0.1) is 5.92 Å². The molecule has 0 radical (unpaired) electrons. The molecule has 0 spiro atoms. The summed E-state index contributed by atoms with van der Waals surface area (Å²) >= 11 is 0. The van der Waals surface area contributed by atoms with Crippen molar-refractivity contribution >= 4 is 17.4 Å². The lowest BCUT2D eigenvalue weighted by Crippen LogP contribution is -2.51. The van der Waals surface area contributed by atoms with Gasteiger partial charge in [-0.05, 0) is 6.32 Å². The summed E-state index contributed by atoms with van der Waals surface area (Å²) in [6.45, 7) is 1.46. The zero-order valence-corrected chi connectivity index (χ0v) is 12.4. The summed E-state index contributed by atoms with van der Waals surface area (Å²) in [5.41, 5.74) is 5.91. The molecule has 0 bridgehead atoms. The summed E-state index contributed by atoms with van der Waals surface area (Å²) in [5.74, 6) is 5.44. The molecule has 0 aromatic rings. The highest BCUT2D eigenvalue weighted by Gasteiger charge is 2.38. The van der Waals surface area contributed by atoms with Crippen molar-refractivity contribution in [3.63, 3.8) is 0 Å². The second-order valence-corrected chi connectivity index (χ2v) is 6.83. The lowest BCUT2D eigenvalue weighted by molar-refractivity contribution is 0.136. The van der Waals surface area contributed by atoms with E-state index in [9.17, 15) is 8.42 Å². The van der Waals surface area contributed by atoms with Crippen molar-refractivity contribution in [1.29, 1.82) is 0 Å². The molecule has 2 aliphatic rings. The Balaban J connectivity index is 1.87. The van der Waals surface area contributed by atoms with Gasteiger partial charge in [-0.1, -0.05) is 5.92 Å². The third kappa shape index (κ3) is 4.65. The fourth-order valence-corrected chi connectivity index (χ4v) is 3.39. The van der Waals surface area contributed by atoms with Crippen molar-refractivity contribution in [2.45, 2.75) is 24.9 Å². The molecular weight excluding hydrogens is 297 g/mol. The van der Waals surface area contributed by atoms with Crippen molar-refractivity contribution in [3.05, 3.63) is 0 Å². The first kappa shape index (κ1) is 16.7. The Morgan fingerprint density at radius 1 is 1.38 bits per heavy atom. The van der Waals surface area contributed by atoms with Gasteiger partial charge in [0.25, 0.3) is 0 Å². The second-order valence-electron chi connectivity index (χ2n) is 5.26. The zero-order valence-electron chi connectivity index (χ0n) is 11.6. The largest absolute Gasteiger partial charge is 0.452 e. The maximum absolute atomic E-state index is 12.1. The van der Waals surface area contributed by atoms with Gasteiger partial charge < -0.3 is 21.1 Å². The number of nitrogens with one attached hydrogen (secondary N) is 1. The fraction of sp³-hybridized carbons (Fsp3) is 0.818. The second kappa shape index (κ2) is 7.06. The van der Waals surface area contributed by atoms with Crippen LogP contribution < -0.4 is 11.1 Å². The zero-order chi connectivity index (χ0) is 15.5. The van der Waals surface area contributed by atoms with Crippen LogP contribution in [0.15, 0.2) is 0 Å². The summed E-state index contributed by atoms with van der Waals surface area (Å²) < 4.78 is 30.4. The molecule has 0 amide bonds. The molecular formula is C11H20BN3O5S. The average Bonchev–Trinajstić information content (AvgIpc) is 2.72. The summed E-state index contributed by atoms with van der Waals surface area (Å²) in [5, 5.41) is 20.4. The maximum Gasteiger partial charge on any atom is 0.452 e. The van der Waals surface area contributed by atoms with Crippen molar-refractivity contribution in [3.8, 4) is 11.8 Å². The molecule has 0 aromatic heterocycles. The van der Waals surface area contributed by atoms with Gasteiger partial charge in [0.15, 0.2) is 0 Å². The van der Waals surface area contributed by atoms with Crippen LogP contribution in [0.4, 0.5) is 0 Å². The minimum atomic E-state index is -3.76. The standard InChI is InChI=1S/C11H20BN3O5S/c13-11-8-15(21(18,19)20-10-5-14-6-10)7-9(11)3-1-2-4-12(16)17/h9-11,14,16-17H,2,4-8,13H2/t9-,11-/m0/s1. The molecule has 2 saturated heterocycles. The van der Waals surface area contributed by atoms with Gasteiger partial charge in [-0.3, -0.25) is 4.18 Å². The predicted molar refractivity (Wildman–Crippen MR) is 77.1 cm³/mol. The van der Waals surface area contributed by atoms with Gasteiger partial charge in [0.05, 0.1) is 5.92 Å². The smallest absolute Gasteiger partial charge is 0.427 e. The van der Waals surface area contributed by atoms with Crippen LogP contribution in [0.2, 0.25) is 6.32 Å². The minimum Gasteiger partial charge on any atom is -0.427 e. The summed E-state index contributed by atoms with van der Waals surface area (Å²) in [6.07, 6.45) is 0.189. The van der Waals surface area contributed by atoms with Crippen LogP contribution >= 0.6 is 0 Å². The number of hydrogen-bond acceptors (Lipinski definition) is 7. The highest BCUT2D eigenvalue weighted by atomic mass is 32.2. The van der Waals surface area contributed by atoms with Crippen LogP contribution in [0.1, 0.15) is 6.42 Å². The molecule has 2 heterocycles. The number of hydrogen-bond donors (Lipinski definition) is 4. The quantitative estimate of drug-likeness (QED) is 0.322. The van der Waals surface area contributed by atoms with Gasteiger partial charge in [0.1, 0.15) is 6.10 Å². The van der Waals surface area contributed by atoms with Crippen LogP contribution in [0, 0.1) is 17.8 Å². The van der Waals surface area contributed by atoms with E-state index in [0.29, 0.717) is 19.5 Å². The van der Waals surface area contributed by atoms with Gasteiger partial charge in [-0.2, -0.15) is 12.7 Å². The Kier molecular flexibility index (Phi) is 5.62. The monoisotopic (exact) mass is 317 g/mol. The normalized spacial score (nSPS) is 27.0. The minimum absolute atomic E-state index is 0.161. The number of nitrogens with two attached hydrogens (primary N) is 1. The Morgan fingerprint density at radius 3 is 2.67 bits per heavy atom. The predicted octanol–water partition coefficient (Wildman–Crippen LogP) is -2.65. The molecule has 0 unspecified atom stereocenters. The van der Waals surface area contributed by atoms with Crippen LogP contribution in [-0.4, -0.2) is 68.2 Å². The van der Waals surface area contributed by atoms with E-state index in [1.807, 2.05) is 0 Å². The molecule has 0 saturated carbocycles. The third-order valence-electron chi connectivity index (χ3n) is 3.46. The van der Waals surface area contributed by atoms with Crippen LogP contribution in [0.5, 0.6) is 0 Å². The first-order chi connectivity index (χ1) is 9.88. The Bertz CT molecular complexity index is 514. The molecule has 8 nitrogen and oxygen atoms in total. The van der Waals surface area contributed by atoms with Crippen molar-refractivity contribution < 1.29 is 22.6 Å². The molecule has 2 aliphatic heterocycles. The van der Waals surface area contributed by atoms with E-state index in [1.165, 1.54) is 4.31 Å². The summed E-state index contributed by atoms with van der Waals surface area (Å²) in [4.78, 5) is 0. The van der Waals surface area contributed by atoms with E-state index in [4.69, 9.17) is 20.0 Å². The van der Waals surface area contributed by atoms with E-state index >= 15 is 0 Å². The van der Waals surface area contributed by atoms with Crippen LogP contribution in [0.25, 0.3) is 0 Å². The lowest BCUT2D eigenvalue weighted by atomic mass is 9.84. The molecule has 21 heavy (non-hydrogen) atoms. The highest BCUT2D eigenvalue weighted by Crippen LogP contribution is 2.20. The lowest BCUT2D eigenvalue weighted by Gasteiger charge is -2.28. The molecule has 0 aromatic carbocycles. The van der Waals surface area contributed by atoms with Crippen LogP contribution in [0.3, 0.4) is 0 Å². The summed E-state index contributed by atoms with van der Waals surface area (Å²) in [7, 11) is -5.14. The molecule has 10 heteroatoms. The molecule has 2 atom stereocenters. The topological polar surface area (TPSA) is 125 Å². The maximum atomic E-state index is 12.1. The van der Waals surface area contributed by atoms with Crippen molar-refractivity contribution in [2.24, 2.45) is 11.7 Å². The van der Waals surface area contributed by atoms with Crippen LogP contribution in [-0.2, 0) is 14.5 Å². The van der Waals surface area contributed by atoms with E-state index in [-0.39, 0.29) is 37.5 Å². The van der Waals surface area contributed by atoms with Crippen molar-refractivity contribution in [2.75, 3.05) is 26.2 Å². The number of rotatable bonds is 5. The highest BCUT2D eigenvalue weighted by molar-refractivity contribution is 7.84. The molecule has 2 fully saturated rings. The first-order valence-corrected chi connectivity index (χ1v) is 8.24. The number of nitrogens with zero attached hydrogens (tertiary/aromatic N) is 1. The average molecular weight is 317 g/mol. The fourth-order valence-electron chi connectivity index (χ4n) is 2.09. The van der Waals surface area contributed by atoms with Gasteiger partial charge in [-0.25, -0.2) is 0 Å². The third-order valence-corrected chi connectivity index (χ3v) is 4.91. The Hall–Kier alpha value is -0.665. The first-order valence-electron chi connectivity index (χ1n) is 6.87. The van der Waals surface area contributed by atoms with Crippen molar-refractivity contribution in [1.82, 2.24) is 9.62 Å². The Morgan fingerprint density at radius 2 is 2.10 bits per heavy atom. The molecule has 118 valence electrons. The van der Waals surface area contributed by atoms with E-state index in [1.54, 1.807) is 0 Å². The van der Waals surface area contributed by atoms with E-state index in [2.05, 4.69) is 17.2 Å². The molecule has 5 N–H and O–H groups in total. The summed E-state index contributed by atoms with van der Waals surface area (Å²) in [6, 6.07) is -0.366. The van der Waals surface area contributed by atoms with Gasteiger partial charge in [0.2, 0.25) is 0 Å². The van der Waals surface area contributed by atoms with Gasteiger partial charge >= 0.3 is 17.4 Å². The Labute approximate surface area is 125 Å². The van der Waals surface area contributed by atoms with E-state index < -0.39 is 17.4 Å². The molecule has 2 rings (SSSR count). The van der Waals surface area contributed by atoms with E-state index in [0.717, 1.165) is 0 Å².